The number of anilines is 1. The van der Waals surface area contributed by atoms with Gasteiger partial charge in [0, 0.05) is 19.3 Å². The van der Waals surface area contributed by atoms with Crippen molar-refractivity contribution in [1.29, 1.82) is 0 Å². The summed E-state index contributed by atoms with van der Waals surface area (Å²) < 4.78 is 18.5. The first-order chi connectivity index (χ1) is 15.9. The van der Waals surface area contributed by atoms with Crippen LogP contribution in [0, 0.1) is 12.7 Å². The number of nitrogens with zero attached hydrogens (tertiary/aromatic N) is 4. The van der Waals surface area contributed by atoms with Crippen LogP contribution in [0.3, 0.4) is 0 Å². The van der Waals surface area contributed by atoms with Crippen LogP contribution in [0.2, 0.25) is 0 Å². The fourth-order valence-corrected chi connectivity index (χ4v) is 5.12. The topological polar surface area (TPSA) is 108 Å². The molecule has 1 aliphatic carbocycles. The fourth-order valence-electron chi connectivity index (χ4n) is 4.37. The van der Waals surface area contributed by atoms with Gasteiger partial charge in [0.25, 0.3) is 0 Å². The van der Waals surface area contributed by atoms with Crippen molar-refractivity contribution >= 4 is 29.2 Å². The van der Waals surface area contributed by atoms with Crippen molar-refractivity contribution in [2.45, 2.75) is 37.5 Å². The van der Waals surface area contributed by atoms with E-state index in [0.717, 1.165) is 24.0 Å². The van der Waals surface area contributed by atoms with E-state index in [-0.39, 0.29) is 23.7 Å². The quantitative estimate of drug-likeness (QED) is 0.583. The number of rotatable bonds is 5. The zero-order chi connectivity index (χ0) is 23.2. The van der Waals surface area contributed by atoms with Gasteiger partial charge in [-0.05, 0) is 72.5 Å². The molecule has 0 bridgehead atoms. The summed E-state index contributed by atoms with van der Waals surface area (Å²) in [7, 11) is 0. The summed E-state index contributed by atoms with van der Waals surface area (Å²) >= 11 is 1.23. The number of aromatic nitrogens is 3. The molecule has 2 aromatic heterocycles. The Bertz CT molecular complexity index is 1230. The summed E-state index contributed by atoms with van der Waals surface area (Å²) in [6.45, 7) is 2.38. The lowest BCUT2D eigenvalue weighted by atomic mass is 9.80. The number of nitrogens with one attached hydrogen (secondary N) is 1. The number of hydrogen-bond donors (Lipinski definition) is 2. The number of aromatic carboxylic acids is 1. The molecule has 2 N–H and O–H groups in total. The number of carboxylic acids is 1. The largest absolute Gasteiger partial charge is 0.476 e. The molecule has 170 valence electrons. The van der Waals surface area contributed by atoms with Crippen LogP contribution in [0.25, 0.3) is 0 Å². The first-order valence-corrected chi connectivity index (χ1v) is 11.5. The number of carbonyl (C=O) groups excluding carboxylic acids is 1. The van der Waals surface area contributed by atoms with Crippen LogP contribution in [0.1, 0.15) is 57.4 Å². The fraction of sp³-hybridized carbons (Fsp3) is 0.348. The third-order valence-corrected chi connectivity index (χ3v) is 7.32. The maximum absolute atomic E-state index is 14.4. The van der Waals surface area contributed by atoms with Crippen LogP contribution in [-0.2, 0) is 5.41 Å². The number of amides is 2. The number of halogens is 1. The minimum atomic E-state index is -1.20. The number of urea groups is 1. The minimum Gasteiger partial charge on any atom is -0.476 e. The molecule has 8 nitrogen and oxygen atoms in total. The predicted molar refractivity (Wildman–Crippen MR) is 120 cm³/mol. The lowest BCUT2D eigenvalue weighted by Gasteiger charge is -2.28. The van der Waals surface area contributed by atoms with Gasteiger partial charge in [-0.3, -0.25) is 0 Å². The van der Waals surface area contributed by atoms with E-state index < -0.39 is 17.4 Å². The lowest BCUT2D eigenvalue weighted by molar-refractivity contribution is 0.0691. The van der Waals surface area contributed by atoms with Crippen molar-refractivity contribution in [3.05, 3.63) is 70.0 Å². The van der Waals surface area contributed by atoms with E-state index >= 15 is 0 Å². The van der Waals surface area contributed by atoms with Gasteiger partial charge in [-0.15, -0.1) is 0 Å². The van der Waals surface area contributed by atoms with Crippen LogP contribution < -0.4 is 5.32 Å². The highest BCUT2D eigenvalue weighted by Gasteiger charge is 2.45. The van der Waals surface area contributed by atoms with E-state index in [0.29, 0.717) is 29.5 Å². The highest BCUT2D eigenvalue weighted by molar-refractivity contribution is 7.05. The summed E-state index contributed by atoms with van der Waals surface area (Å²) in [5.74, 6) is -1.15. The zero-order valence-electron chi connectivity index (χ0n) is 17.9. The average molecular weight is 468 g/mol. The van der Waals surface area contributed by atoms with Crippen LogP contribution in [0.5, 0.6) is 0 Å². The molecule has 1 aromatic carbocycles. The number of carbonyl (C=O) groups is 2. The first-order valence-electron chi connectivity index (χ1n) is 10.7. The molecular formula is C23H22FN5O3S. The molecule has 2 amide bonds. The Kier molecular flexibility index (Phi) is 5.32. The molecule has 2 aliphatic rings. The van der Waals surface area contributed by atoms with E-state index in [9.17, 15) is 19.1 Å². The molecule has 1 saturated carbocycles. The number of pyridine rings is 1. The average Bonchev–Trinajstić information content (AvgIpc) is 3.30. The monoisotopic (exact) mass is 467 g/mol. The Balaban J connectivity index is 1.43. The van der Waals surface area contributed by atoms with Crippen molar-refractivity contribution in [1.82, 2.24) is 19.2 Å². The highest BCUT2D eigenvalue weighted by atomic mass is 32.1. The molecule has 1 saturated heterocycles. The number of aryl methyl sites for hydroxylation is 1. The van der Waals surface area contributed by atoms with Gasteiger partial charge in [0.1, 0.15) is 17.2 Å². The molecule has 0 unspecified atom stereocenters. The second-order valence-electron chi connectivity index (χ2n) is 8.64. The van der Waals surface area contributed by atoms with Crippen LogP contribution in [-0.4, -0.2) is 49.4 Å². The van der Waals surface area contributed by atoms with Gasteiger partial charge in [-0.2, -0.15) is 4.37 Å². The molecular weight excluding hydrogens is 445 g/mol. The third kappa shape index (κ3) is 3.95. The lowest BCUT2D eigenvalue weighted by Crippen LogP contribution is -2.38. The minimum absolute atomic E-state index is 0.187. The Morgan fingerprint density at radius 2 is 2.09 bits per heavy atom. The molecule has 3 aromatic rings. The smallest absolute Gasteiger partial charge is 0.356 e. The number of likely N-dealkylation sites (tertiary alicyclic amines) is 1. The van der Waals surface area contributed by atoms with Gasteiger partial charge in [-0.1, -0.05) is 12.1 Å². The Morgan fingerprint density at radius 1 is 1.27 bits per heavy atom. The van der Waals surface area contributed by atoms with Gasteiger partial charge >= 0.3 is 12.0 Å². The number of benzene rings is 1. The van der Waals surface area contributed by atoms with E-state index in [1.165, 1.54) is 23.9 Å². The van der Waals surface area contributed by atoms with E-state index in [2.05, 4.69) is 19.7 Å². The van der Waals surface area contributed by atoms with Gasteiger partial charge < -0.3 is 15.3 Å². The summed E-state index contributed by atoms with van der Waals surface area (Å²) in [4.78, 5) is 34.9. The predicted octanol–water partition coefficient (Wildman–Crippen LogP) is 4.18. The highest BCUT2D eigenvalue weighted by Crippen LogP contribution is 2.43. The van der Waals surface area contributed by atoms with Crippen LogP contribution >= 0.6 is 11.5 Å². The van der Waals surface area contributed by atoms with Gasteiger partial charge in [0.05, 0.1) is 11.1 Å². The molecule has 5 rings (SSSR count). The van der Waals surface area contributed by atoms with Crippen molar-refractivity contribution in [3.63, 3.8) is 0 Å². The summed E-state index contributed by atoms with van der Waals surface area (Å²) in [6, 6.07) is 6.38. The number of carboxylic acid groups (broad SMARTS) is 1. The zero-order valence-corrected chi connectivity index (χ0v) is 18.7. The molecule has 10 heteroatoms. The third-order valence-electron chi connectivity index (χ3n) is 6.45. The van der Waals surface area contributed by atoms with Crippen molar-refractivity contribution in [2.24, 2.45) is 0 Å². The summed E-state index contributed by atoms with van der Waals surface area (Å²) in [6.07, 6.45) is 5.64. The Labute approximate surface area is 193 Å². The second kappa shape index (κ2) is 8.18. The van der Waals surface area contributed by atoms with Crippen molar-refractivity contribution < 1.29 is 19.1 Å². The summed E-state index contributed by atoms with van der Waals surface area (Å²) in [5.41, 5.74) is 1.52. The van der Waals surface area contributed by atoms with Gasteiger partial charge in [0.15, 0.2) is 5.69 Å². The van der Waals surface area contributed by atoms with E-state index in [1.807, 2.05) is 6.07 Å². The van der Waals surface area contributed by atoms with Crippen LogP contribution in [0.4, 0.5) is 14.9 Å². The van der Waals surface area contributed by atoms with Gasteiger partial charge in [0.2, 0.25) is 0 Å². The maximum atomic E-state index is 14.4. The Hall–Kier alpha value is -3.40. The van der Waals surface area contributed by atoms with Crippen molar-refractivity contribution in [3.8, 4) is 0 Å². The molecule has 1 atom stereocenters. The SMILES string of the molecule is Cc1ccc([C@]2(c3ncns3)CCN(C(=O)Nc3cc(C4CC4)cnc3C(=O)O)C2)cc1F. The molecule has 0 radical (unpaired) electrons. The molecule has 0 spiro atoms. The maximum Gasteiger partial charge on any atom is 0.356 e. The Morgan fingerprint density at radius 3 is 2.76 bits per heavy atom. The molecule has 33 heavy (non-hydrogen) atoms. The van der Waals surface area contributed by atoms with E-state index in [1.54, 1.807) is 30.2 Å². The number of hydrogen-bond acceptors (Lipinski definition) is 6. The van der Waals surface area contributed by atoms with Gasteiger partial charge in [-0.25, -0.2) is 23.9 Å². The van der Waals surface area contributed by atoms with E-state index in [4.69, 9.17) is 0 Å². The van der Waals surface area contributed by atoms with Crippen LogP contribution in [0.15, 0.2) is 36.8 Å². The summed E-state index contributed by atoms with van der Waals surface area (Å²) in [5, 5.41) is 13.0. The van der Waals surface area contributed by atoms with Crippen molar-refractivity contribution in [2.75, 3.05) is 18.4 Å². The molecule has 1 aliphatic heterocycles. The second-order valence-corrected chi connectivity index (χ2v) is 9.42. The molecule has 2 fully saturated rings. The molecule has 3 heterocycles. The standard InChI is InChI=1S/C23H22FN5O3S/c1-13-2-5-16(9-17(13)24)23(21-26-12-27-33-21)6-7-29(11-23)22(32)28-18-8-15(14-3-4-14)10-25-19(18)20(30)31/h2,5,8-10,12,14H,3-4,6-7,11H2,1H3,(H,28,32)(H,30,31)/t23-/m0/s1. The first kappa shape index (κ1) is 21.4. The normalized spacial score (nSPS) is 20.1.